The van der Waals surface area contributed by atoms with E-state index in [1.165, 1.54) is 0 Å². The van der Waals surface area contributed by atoms with Crippen molar-refractivity contribution < 1.29 is 4.79 Å². The Morgan fingerprint density at radius 2 is 2.33 bits per heavy atom. The van der Waals surface area contributed by atoms with E-state index in [2.05, 4.69) is 29.8 Å². The summed E-state index contributed by atoms with van der Waals surface area (Å²) in [6, 6.07) is 1.90. The van der Waals surface area contributed by atoms with E-state index in [-0.39, 0.29) is 11.3 Å². The van der Waals surface area contributed by atoms with E-state index in [1.54, 1.807) is 11.3 Å². The molecule has 0 saturated carbocycles. The van der Waals surface area contributed by atoms with Crippen LogP contribution in [0, 0.1) is 5.41 Å². The maximum atomic E-state index is 12.1. The lowest BCUT2D eigenvalue weighted by atomic mass is 9.93. The van der Waals surface area contributed by atoms with Gasteiger partial charge in [-0.15, -0.1) is 11.3 Å². The molecule has 0 spiro atoms. The normalized spacial score (nSPS) is 19.5. The van der Waals surface area contributed by atoms with Gasteiger partial charge in [0, 0.05) is 18.5 Å². The third kappa shape index (κ3) is 2.42. The molecule has 0 N–H and O–H groups in total. The number of thiophene rings is 1. The first-order valence-corrected chi connectivity index (χ1v) is 6.68. The quantitative estimate of drug-likeness (QED) is 0.775. The Morgan fingerprint density at radius 3 is 2.80 bits per heavy atom. The molecule has 0 bridgehead atoms. The van der Waals surface area contributed by atoms with E-state index >= 15 is 0 Å². The van der Waals surface area contributed by atoms with Crippen molar-refractivity contribution in [2.45, 2.75) is 20.3 Å². The number of rotatable bonds is 1. The molecule has 82 valence electrons. The number of halogens is 1. The number of carbonyl (C=O) groups excluding carboxylic acids is 1. The lowest BCUT2D eigenvalue weighted by Gasteiger charge is -2.19. The zero-order valence-corrected chi connectivity index (χ0v) is 11.3. The molecule has 4 heteroatoms. The Labute approximate surface area is 102 Å². The van der Waals surface area contributed by atoms with E-state index in [0.717, 1.165) is 28.9 Å². The summed E-state index contributed by atoms with van der Waals surface area (Å²) in [5.74, 6) is 0.169. The summed E-state index contributed by atoms with van der Waals surface area (Å²) in [7, 11) is 0. The molecular weight excluding hydrogens is 274 g/mol. The Hall–Kier alpha value is -0.350. The van der Waals surface area contributed by atoms with Crippen LogP contribution in [0.25, 0.3) is 0 Å². The predicted molar refractivity (Wildman–Crippen MR) is 66.3 cm³/mol. The van der Waals surface area contributed by atoms with Gasteiger partial charge in [0.05, 0.1) is 9.35 Å². The summed E-state index contributed by atoms with van der Waals surface area (Å²) in [6.45, 7) is 6.19. The van der Waals surface area contributed by atoms with Crippen LogP contribution in [0.1, 0.15) is 30.6 Å². The number of amides is 1. The first-order valence-electron chi connectivity index (χ1n) is 5.01. The Morgan fingerprint density at radius 1 is 1.60 bits per heavy atom. The van der Waals surface area contributed by atoms with E-state index in [9.17, 15) is 4.79 Å². The van der Waals surface area contributed by atoms with Gasteiger partial charge in [0.25, 0.3) is 5.91 Å². The maximum Gasteiger partial charge on any atom is 0.254 e. The van der Waals surface area contributed by atoms with Gasteiger partial charge in [-0.25, -0.2) is 0 Å². The molecule has 0 aromatic carbocycles. The van der Waals surface area contributed by atoms with Crippen LogP contribution in [0.5, 0.6) is 0 Å². The summed E-state index contributed by atoms with van der Waals surface area (Å²) < 4.78 is 1.02. The van der Waals surface area contributed by atoms with Gasteiger partial charge in [-0.3, -0.25) is 4.79 Å². The van der Waals surface area contributed by atoms with Crippen molar-refractivity contribution in [2.75, 3.05) is 13.1 Å². The molecule has 15 heavy (non-hydrogen) atoms. The minimum absolute atomic E-state index is 0.169. The molecule has 0 aliphatic carbocycles. The fourth-order valence-electron chi connectivity index (χ4n) is 1.89. The van der Waals surface area contributed by atoms with Gasteiger partial charge in [-0.2, -0.15) is 0 Å². The lowest BCUT2D eigenvalue weighted by Crippen LogP contribution is -2.29. The number of hydrogen-bond acceptors (Lipinski definition) is 2. The Balaban J connectivity index is 2.10. The van der Waals surface area contributed by atoms with Gasteiger partial charge in [-0.05, 0) is 33.8 Å². The molecule has 1 saturated heterocycles. The second-order valence-corrected chi connectivity index (χ2v) is 7.07. The van der Waals surface area contributed by atoms with Crippen LogP contribution in [0.15, 0.2) is 15.2 Å². The molecule has 1 fully saturated rings. The van der Waals surface area contributed by atoms with Crippen LogP contribution in [-0.4, -0.2) is 23.9 Å². The Kier molecular flexibility index (Phi) is 2.90. The van der Waals surface area contributed by atoms with Crippen molar-refractivity contribution in [1.29, 1.82) is 0 Å². The highest BCUT2D eigenvalue weighted by Crippen LogP contribution is 2.30. The van der Waals surface area contributed by atoms with Gasteiger partial charge in [0.2, 0.25) is 0 Å². The number of carbonyl (C=O) groups is 1. The highest BCUT2D eigenvalue weighted by molar-refractivity contribution is 9.11. The molecule has 1 amide bonds. The van der Waals surface area contributed by atoms with Gasteiger partial charge in [0.15, 0.2) is 0 Å². The van der Waals surface area contributed by atoms with Crippen molar-refractivity contribution in [2.24, 2.45) is 5.41 Å². The van der Waals surface area contributed by atoms with Gasteiger partial charge < -0.3 is 4.90 Å². The van der Waals surface area contributed by atoms with Crippen LogP contribution >= 0.6 is 27.3 Å². The standard InChI is InChI=1S/C11H14BrNOS/c1-11(2)3-4-13(7-11)10(14)8-5-9(12)15-6-8/h5-6H,3-4,7H2,1-2H3. The summed E-state index contributed by atoms with van der Waals surface area (Å²) >= 11 is 4.94. The topological polar surface area (TPSA) is 20.3 Å². The average Bonchev–Trinajstić information content (AvgIpc) is 2.71. The minimum atomic E-state index is 0.169. The molecule has 1 aliphatic heterocycles. The second kappa shape index (κ2) is 3.91. The van der Waals surface area contributed by atoms with E-state index < -0.39 is 0 Å². The number of hydrogen-bond donors (Lipinski definition) is 0. The molecule has 0 atom stereocenters. The van der Waals surface area contributed by atoms with Crippen LogP contribution < -0.4 is 0 Å². The van der Waals surface area contributed by atoms with Crippen molar-refractivity contribution >= 4 is 33.2 Å². The number of nitrogens with zero attached hydrogens (tertiary/aromatic N) is 1. The second-order valence-electron chi connectivity index (χ2n) is 4.78. The lowest BCUT2D eigenvalue weighted by molar-refractivity contribution is 0.0779. The third-order valence-corrected chi connectivity index (χ3v) is 4.28. The average molecular weight is 288 g/mol. The molecule has 1 aromatic rings. The zero-order valence-electron chi connectivity index (χ0n) is 8.92. The number of likely N-dealkylation sites (tertiary alicyclic amines) is 1. The van der Waals surface area contributed by atoms with Crippen LogP contribution in [-0.2, 0) is 0 Å². The van der Waals surface area contributed by atoms with Crippen LogP contribution in [0.4, 0.5) is 0 Å². The van der Waals surface area contributed by atoms with E-state index in [0.29, 0.717) is 0 Å². The van der Waals surface area contributed by atoms with Crippen LogP contribution in [0.3, 0.4) is 0 Å². The molecule has 2 nitrogen and oxygen atoms in total. The third-order valence-electron chi connectivity index (χ3n) is 2.78. The fraction of sp³-hybridized carbons (Fsp3) is 0.545. The van der Waals surface area contributed by atoms with Crippen LogP contribution in [0.2, 0.25) is 0 Å². The highest BCUT2D eigenvalue weighted by atomic mass is 79.9. The first-order chi connectivity index (χ1) is 6.98. The summed E-state index contributed by atoms with van der Waals surface area (Å²) in [5.41, 5.74) is 1.09. The molecule has 0 radical (unpaired) electrons. The SMILES string of the molecule is CC1(C)CCN(C(=O)c2csc(Br)c2)C1. The largest absolute Gasteiger partial charge is 0.338 e. The summed E-state index contributed by atoms with van der Waals surface area (Å²) in [5, 5.41) is 1.91. The van der Waals surface area contributed by atoms with E-state index in [4.69, 9.17) is 0 Å². The maximum absolute atomic E-state index is 12.1. The molecule has 1 aliphatic rings. The predicted octanol–water partition coefficient (Wildman–Crippen LogP) is 3.38. The molecule has 2 rings (SSSR count). The van der Waals surface area contributed by atoms with Gasteiger partial charge in [0.1, 0.15) is 0 Å². The summed E-state index contributed by atoms with van der Waals surface area (Å²) in [6.07, 6.45) is 1.10. The molecule has 1 aromatic heterocycles. The van der Waals surface area contributed by atoms with Crippen molar-refractivity contribution in [3.8, 4) is 0 Å². The zero-order chi connectivity index (χ0) is 11.1. The Bertz CT molecular complexity index is 386. The van der Waals surface area contributed by atoms with Crippen molar-refractivity contribution in [1.82, 2.24) is 4.90 Å². The monoisotopic (exact) mass is 287 g/mol. The summed E-state index contributed by atoms with van der Waals surface area (Å²) in [4.78, 5) is 14.0. The smallest absolute Gasteiger partial charge is 0.254 e. The van der Waals surface area contributed by atoms with Gasteiger partial charge >= 0.3 is 0 Å². The highest BCUT2D eigenvalue weighted by Gasteiger charge is 2.32. The minimum Gasteiger partial charge on any atom is -0.338 e. The van der Waals surface area contributed by atoms with Crippen molar-refractivity contribution in [3.05, 3.63) is 20.8 Å². The molecular formula is C11H14BrNOS. The van der Waals surface area contributed by atoms with E-state index in [1.807, 2.05) is 16.3 Å². The van der Waals surface area contributed by atoms with Crippen molar-refractivity contribution in [3.63, 3.8) is 0 Å². The first kappa shape index (κ1) is 11.1. The molecule has 0 unspecified atom stereocenters. The fourth-order valence-corrected chi connectivity index (χ4v) is 3.02. The molecule has 2 heterocycles. The van der Waals surface area contributed by atoms with Gasteiger partial charge in [-0.1, -0.05) is 13.8 Å².